The monoisotopic (exact) mass is 350 g/mol. The van der Waals surface area contributed by atoms with E-state index in [9.17, 15) is 14.8 Å². The van der Waals surface area contributed by atoms with Crippen LogP contribution < -0.4 is 5.32 Å². The van der Waals surface area contributed by atoms with E-state index in [0.29, 0.717) is 31.5 Å². The standard InChI is InChI=1S/C18H26N2O5/c1-14(2)20(23)12-8-7-11-16(17(21)24-3)19-18(22)25-13-15-9-5-4-6-10-15/h4-6,9-10,16H,7-8,11-13H2,1-3H3,(H,19,22)/t16-/m0/s1. The minimum atomic E-state index is -0.792. The van der Waals surface area contributed by atoms with E-state index in [2.05, 4.69) is 5.32 Å². The summed E-state index contributed by atoms with van der Waals surface area (Å²) in [6.45, 7) is 3.97. The lowest BCUT2D eigenvalue weighted by molar-refractivity contribution is -0.459. The van der Waals surface area contributed by atoms with Crippen molar-refractivity contribution in [2.24, 2.45) is 0 Å². The molecule has 7 heteroatoms. The minimum absolute atomic E-state index is 0.122. The highest BCUT2D eigenvalue weighted by Crippen LogP contribution is 2.05. The molecule has 0 radical (unpaired) electrons. The number of unbranched alkanes of at least 4 members (excludes halogenated alkanes) is 1. The largest absolute Gasteiger partial charge is 0.624 e. The van der Waals surface area contributed by atoms with Crippen LogP contribution in [0.25, 0.3) is 0 Å². The van der Waals surface area contributed by atoms with Gasteiger partial charge in [0.15, 0.2) is 12.3 Å². The van der Waals surface area contributed by atoms with Gasteiger partial charge in [0.1, 0.15) is 12.6 Å². The highest BCUT2D eigenvalue weighted by atomic mass is 16.6. The zero-order valence-corrected chi connectivity index (χ0v) is 15.0. The maximum atomic E-state index is 11.9. The summed E-state index contributed by atoms with van der Waals surface area (Å²) >= 11 is 0. The Morgan fingerprint density at radius 3 is 2.48 bits per heavy atom. The highest BCUT2D eigenvalue weighted by Gasteiger charge is 2.22. The number of nitrogens with zero attached hydrogens (tertiary/aromatic N) is 1. The first-order valence-electron chi connectivity index (χ1n) is 8.24. The Balaban J connectivity index is 2.42. The van der Waals surface area contributed by atoms with Crippen molar-refractivity contribution < 1.29 is 23.8 Å². The first-order chi connectivity index (χ1) is 11.9. The van der Waals surface area contributed by atoms with Crippen molar-refractivity contribution in [3.63, 3.8) is 0 Å². The molecule has 0 unspecified atom stereocenters. The number of rotatable bonds is 9. The molecular weight excluding hydrogens is 324 g/mol. The number of carbonyl (C=O) groups is 2. The fourth-order valence-corrected chi connectivity index (χ4v) is 2.13. The molecule has 0 aliphatic rings. The molecule has 0 spiro atoms. The summed E-state index contributed by atoms with van der Waals surface area (Å²) in [7, 11) is 1.26. The molecule has 0 aliphatic heterocycles. The molecule has 138 valence electrons. The van der Waals surface area contributed by atoms with Crippen molar-refractivity contribution in [2.45, 2.75) is 45.8 Å². The van der Waals surface area contributed by atoms with Crippen molar-refractivity contribution in [1.29, 1.82) is 0 Å². The number of amides is 1. The normalized spacial score (nSPS) is 11.3. The lowest BCUT2D eigenvalue weighted by Gasteiger charge is -2.16. The van der Waals surface area contributed by atoms with Gasteiger partial charge in [-0.25, -0.2) is 14.3 Å². The van der Waals surface area contributed by atoms with E-state index in [4.69, 9.17) is 9.47 Å². The third-order valence-electron chi connectivity index (χ3n) is 3.59. The van der Waals surface area contributed by atoms with Gasteiger partial charge in [0, 0.05) is 20.3 Å². The lowest BCUT2D eigenvalue weighted by Crippen LogP contribution is -2.41. The summed E-state index contributed by atoms with van der Waals surface area (Å²) in [6, 6.07) is 8.46. The predicted octanol–water partition coefficient (Wildman–Crippen LogP) is 2.62. The van der Waals surface area contributed by atoms with E-state index in [1.165, 1.54) is 7.11 Å². The zero-order chi connectivity index (χ0) is 18.7. The number of hydrogen-bond donors (Lipinski definition) is 1. The summed E-state index contributed by atoms with van der Waals surface area (Å²) < 4.78 is 10.7. The molecule has 0 aromatic heterocycles. The number of alkyl carbamates (subject to hydrolysis) is 1. The number of benzene rings is 1. The Kier molecular flexibility index (Phi) is 9.06. The summed E-state index contributed by atoms with van der Waals surface area (Å²) in [6.07, 6.45) is 0.916. The molecule has 1 aromatic rings. The van der Waals surface area contributed by atoms with Crippen molar-refractivity contribution in [2.75, 3.05) is 13.7 Å². The van der Waals surface area contributed by atoms with Crippen LogP contribution in [-0.2, 0) is 20.9 Å². The molecule has 25 heavy (non-hydrogen) atoms. The molecule has 1 N–H and O–H groups in total. The summed E-state index contributed by atoms with van der Waals surface area (Å²) in [4.78, 5) is 23.7. The molecule has 7 nitrogen and oxygen atoms in total. The number of hydroxylamine groups is 1. The van der Waals surface area contributed by atoms with E-state index in [1.54, 1.807) is 13.8 Å². The third-order valence-corrected chi connectivity index (χ3v) is 3.59. The molecule has 0 aliphatic carbocycles. The maximum Gasteiger partial charge on any atom is 0.408 e. The van der Waals surface area contributed by atoms with Crippen LogP contribution in [0.5, 0.6) is 0 Å². The van der Waals surface area contributed by atoms with Gasteiger partial charge in [-0.15, -0.1) is 0 Å². The second kappa shape index (κ2) is 11.1. The molecule has 0 saturated carbocycles. The van der Waals surface area contributed by atoms with Gasteiger partial charge in [0.05, 0.1) is 7.11 Å². The quantitative estimate of drug-likeness (QED) is 0.185. The van der Waals surface area contributed by atoms with E-state index < -0.39 is 18.1 Å². The van der Waals surface area contributed by atoms with Crippen LogP contribution >= 0.6 is 0 Å². The van der Waals surface area contributed by atoms with Gasteiger partial charge in [-0.05, 0) is 18.4 Å². The average molecular weight is 350 g/mol. The van der Waals surface area contributed by atoms with Crippen molar-refractivity contribution in [3.8, 4) is 0 Å². The molecule has 1 atom stereocenters. The Hall–Kier alpha value is -2.57. The minimum Gasteiger partial charge on any atom is -0.624 e. The number of esters is 1. The SMILES string of the molecule is COC(=O)[C@H](CCCC[N+]([O-])=C(C)C)NC(=O)OCc1ccccc1. The molecule has 0 heterocycles. The Labute approximate surface area is 148 Å². The van der Waals surface area contributed by atoms with Crippen molar-refractivity contribution >= 4 is 17.8 Å². The summed E-state index contributed by atoms with van der Waals surface area (Å²) in [5.74, 6) is -0.533. The molecule has 0 bridgehead atoms. The van der Waals surface area contributed by atoms with Gasteiger partial charge in [-0.1, -0.05) is 30.3 Å². The van der Waals surface area contributed by atoms with Gasteiger partial charge in [-0.2, -0.15) is 0 Å². The summed E-state index contributed by atoms with van der Waals surface area (Å²) in [5, 5.41) is 14.0. The topological polar surface area (TPSA) is 90.7 Å². The first-order valence-corrected chi connectivity index (χ1v) is 8.24. The number of ether oxygens (including phenoxy) is 2. The van der Waals surface area contributed by atoms with Crippen LogP contribution in [0, 0.1) is 5.21 Å². The predicted molar refractivity (Wildman–Crippen MR) is 94.3 cm³/mol. The van der Waals surface area contributed by atoms with Crippen LogP contribution in [-0.4, -0.2) is 42.2 Å². The molecule has 1 aromatic carbocycles. The van der Waals surface area contributed by atoms with Crippen LogP contribution in [0.2, 0.25) is 0 Å². The Bertz CT molecular complexity index is 582. The fraction of sp³-hybridized carbons (Fsp3) is 0.500. The van der Waals surface area contributed by atoms with Gasteiger partial charge in [0.25, 0.3) is 0 Å². The van der Waals surface area contributed by atoms with E-state index in [-0.39, 0.29) is 6.61 Å². The van der Waals surface area contributed by atoms with Crippen LogP contribution in [0.1, 0.15) is 38.7 Å². The van der Waals surface area contributed by atoms with Crippen LogP contribution in [0.3, 0.4) is 0 Å². The lowest BCUT2D eigenvalue weighted by atomic mass is 10.1. The van der Waals surface area contributed by atoms with Crippen LogP contribution in [0.4, 0.5) is 4.79 Å². The van der Waals surface area contributed by atoms with E-state index in [0.717, 1.165) is 10.3 Å². The van der Waals surface area contributed by atoms with Gasteiger partial charge in [-0.3, -0.25) is 0 Å². The second-order valence-electron chi connectivity index (χ2n) is 5.83. The Morgan fingerprint density at radius 1 is 1.20 bits per heavy atom. The number of nitrogens with one attached hydrogen (secondary N) is 1. The molecule has 1 amide bonds. The molecular formula is C18H26N2O5. The van der Waals surface area contributed by atoms with E-state index in [1.807, 2.05) is 30.3 Å². The number of carbonyl (C=O) groups excluding carboxylic acids is 2. The first kappa shape index (κ1) is 20.5. The maximum absolute atomic E-state index is 11.9. The van der Waals surface area contributed by atoms with Gasteiger partial charge in [0.2, 0.25) is 0 Å². The molecule has 1 rings (SSSR count). The number of methoxy groups -OCH3 is 1. The van der Waals surface area contributed by atoms with E-state index >= 15 is 0 Å². The average Bonchev–Trinajstić information content (AvgIpc) is 2.62. The van der Waals surface area contributed by atoms with Gasteiger partial charge < -0.3 is 20.0 Å². The molecule has 0 fully saturated rings. The van der Waals surface area contributed by atoms with Crippen molar-refractivity contribution in [3.05, 3.63) is 41.1 Å². The van der Waals surface area contributed by atoms with Crippen molar-refractivity contribution in [1.82, 2.24) is 5.32 Å². The third kappa shape index (κ3) is 8.19. The summed E-state index contributed by atoms with van der Waals surface area (Å²) in [5.41, 5.74) is 1.54. The van der Waals surface area contributed by atoms with Gasteiger partial charge >= 0.3 is 12.1 Å². The van der Waals surface area contributed by atoms with Crippen LogP contribution in [0.15, 0.2) is 30.3 Å². The number of hydrogen-bond acceptors (Lipinski definition) is 5. The zero-order valence-electron chi connectivity index (χ0n) is 15.0. The fourth-order valence-electron chi connectivity index (χ4n) is 2.13. The second-order valence-corrected chi connectivity index (χ2v) is 5.83. The Morgan fingerprint density at radius 2 is 1.88 bits per heavy atom. The highest BCUT2D eigenvalue weighted by molar-refractivity contribution is 5.81. The molecule has 0 saturated heterocycles. The smallest absolute Gasteiger partial charge is 0.408 e.